The van der Waals surface area contributed by atoms with Gasteiger partial charge >= 0.3 is 34.5 Å². The van der Waals surface area contributed by atoms with Crippen molar-refractivity contribution in [1.29, 1.82) is 0 Å². The number of halogens is 2. The van der Waals surface area contributed by atoms with E-state index >= 15 is 0 Å². The Balaban J connectivity index is 0.000000192. The second kappa shape index (κ2) is 18.5. The largest absolute Gasteiger partial charge is 0.0622 e. The van der Waals surface area contributed by atoms with Crippen LogP contribution in [0.25, 0.3) is 11.4 Å². The summed E-state index contributed by atoms with van der Waals surface area (Å²) in [5.41, 5.74) is 5.12. The van der Waals surface area contributed by atoms with E-state index in [1.54, 1.807) is 6.20 Å². The molecule has 0 amide bonds. The molecule has 1 aliphatic heterocycles. The molecule has 6 aromatic rings. The number of benzene rings is 4. The van der Waals surface area contributed by atoms with E-state index in [1.807, 2.05) is 36.4 Å². The van der Waals surface area contributed by atoms with Crippen LogP contribution in [0.15, 0.2) is 163 Å². The smallest absolute Gasteiger partial charge is 0.0134 e. The van der Waals surface area contributed by atoms with Gasteiger partial charge in [-0.1, -0.05) is 142 Å². The predicted octanol–water partition coefficient (Wildman–Crippen LogP) is 9.95. The van der Waals surface area contributed by atoms with Crippen LogP contribution in [-0.4, -0.2) is 28.4 Å². The van der Waals surface area contributed by atoms with Gasteiger partial charge in [0.2, 0.25) is 0 Å². The van der Waals surface area contributed by atoms with Gasteiger partial charge in [0.25, 0.3) is 0 Å². The van der Waals surface area contributed by atoms with Crippen molar-refractivity contribution in [1.82, 2.24) is 9.97 Å². The Morgan fingerprint density at radius 1 is 0.620 bits per heavy atom. The summed E-state index contributed by atoms with van der Waals surface area (Å²) in [5, 5.41) is 4.19. The average molecular weight is 805 g/mol. The maximum atomic E-state index is 5.10. The van der Waals surface area contributed by atoms with E-state index in [2.05, 4.69) is 153 Å². The second-order valence-electron chi connectivity index (χ2n) is 12.8. The molecule has 256 valence electrons. The van der Waals surface area contributed by atoms with Crippen LogP contribution in [0.2, 0.25) is 0 Å². The molecule has 2 aromatic heterocycles. The Kier molecular flexibility index (Phi) is 13.9. The molecule has 8 heteroatoms. The van der Waals surface area contributed by atoms with Crippen LogP contribution in [0.1, 0.15) is 32.0 Å². The van der Waals surface area contributed by atoms with Crippen molar-refractivity contribution in [2.75, 3.05) is 11.4 Å². The van der Waals surface area contributed by atoms with Crippen LogP contribution in [0.3, 0.4) is 0 Å². The van der Waals surface area contributed by atoms with Crippen molar-refractivity contribution < 1.29 is 15.1 Å². The van der Waals surface area contributed by atoms with Gasteiger partial charge in [0.15, 0.2) is 5.84 Å². The molecular formula is C42H41Cl2N4PRu. The number of hydrogen-bond donors (Lipinski definition) is 0. The molecule has 7 rings (SSSR count). The topological polar surface area (TPSA) is 41.4 Å². The van der Waals surface area contributed by atoms with Crippen molar-refractivity contribution >= 4 is 54.7 Å². The molecule has 1 aliphatic rings. The minimum atomic E-state index is -0.446. The standard InChI is InChI=1S/C24H26N4.C18H15P.2ClH.Ru/c1-17-11-13-18(14-12-17)28-16-22(24(2,3)4)27-23(28)21-10-7-9-20(26-21)19-8-5-6-15-25-19;1-4-10-16(11-5-1)19(17-12-6-2-7-13-17)18-14-8-3-9-15-18;;;/h5-15,22H,16H2,1-4H3;1-15H;2*1H;/q;;;;+2/p-2/t22-;;;;/m1..../s1. The number of aliphatic imine (C=N–C) groups is 1. The summed E-state index contributed by atoms with van der Waals surface area (Å²) in [4.78, 5) is 16.7. The molecule has 0 N–H and O–H groups in total. The minimum absolute atomic E-state index is 0.0866. The number of nitrogens with zero attached hydrogens (tertiary/aromatic N) is 4. The van der Waals surface area contributed by atoms with Crippen LogP contribution < -0.4 is 20.8 Å². The molecule has 0 saturated carbocycles. The summed E-state index contributed by atoms with van der Waals surface area (Å²) < 4.78 is 0. The van der Waals surface area contributed by atoms with Gasteiger partial charge in [-0.15, -0.1) is 0 Å². The van der Waals surface area contributed by atoms with E-state index in [4.69, 9.17) is 29.4 Å². The van der Waals surface area contributed by atoms with Gasteiger partial charge in [-0.2, -0.15) is 0 Å². The Bertz CT molecular complexity index is 1830. The third-order valence-corrected chi connectivity index (χ3v) is 10.6. The Morgan fingerprint density at radius 3 is 1.58 bits per heavy atom. The van der Waals surface area contributed by atoms with Gasteiger partial charge in [-0.3, -0.25) is 9.98 Å². The fraction of sp³-hybridized carbons (Fsp3) is 0.167. The van der Waals surface area contributed by atoms with Crippen LogP contribution in [0.5, 0.6) is 0 Å². The van der Waals surface area contributed by atoms with Crippen molar-refractivity contribution in [2.45, 2.75) is 33.7 Å². The van der Waals surface area contributed by atoms with E-state index < -0.39 is 7.92 Å². The third-order valence-electron chi connectivity index (χ3n) is 8.18. The first-order chi connectivity index (χ1) is 24.3. The quantitative estimate of drug-likeness (QED) is 0.124. The fourth-order valence-corrected chi connectivity index (χ4v) is 7.84. The molecule has 0 unspecified atom stereocenters. The van der Waals surface area contributed by atoms with Gasteiger partial charge in [0.05, 0.1) is 17.4 Å². The van der Waals surface area contributed by atoms with Crippen molar-refractivity contribution in [2.24, 2.45) is 10.4 Å². The van der Waals surface area contributed by atoms with E-state index in [-0.39, 0.29) is 26.6 Å². The maximum Gasteiger partial charge on any atom is -0.0134 e. The number of amidine groups is 1. The molecule has 4 aromatic carbocycles. The number of hydrogen-bond acceptors (Lipinski definition) is 4. The van der Waals surface area contributed by atoms with Crippen LogP contribution in [-0.2, 0) is 15.1 Å². The molecule has 0 fully saturated rings. The van der Waals surface area contributed by atoms with Gasteiger partial charge in [-0.05, 0) is 72.6 Å². The Morgan fingerprint density at radius 2 is 1.10 bits per heavy atom. The van der Waals surface area contributed by atoms with Crippen molar-refractivity contribution in [3.63, 3.8) is 0 Å². The zero-order valence-electron chi connectivity index (χ0n) is 28.6. The molecule has 4 nitrogen and oxygen atoms in total. The predicted molar refractivity (Wildman–Crippen MR) is 213 cm³/mol. The summed E-state index contributed by atoms with van der Waals surface area (Å²) in [6.45, 7) is 9.70. The van der Waals surface area contributed by atoms with Gasteiger partial charge in [-0.25, -0.2) is 4.98 Å². The number of rotatable bonds is 6. The summed E-state index contributed by atoms with van der Waals surface area (Å²) in [6, 6.07) is 53.1. The van der Waals surface area contributed by atoms with E-state index in [9.17, 15) is 0 Å². The fourth-order valence-electron chi connectivity index (χ4n) is 5.54. The molecule has 0 radical (unpaired) electrons. The first-order valence-electron chi connectivity index (χ1n) is 16.4. The minimum Gasteiger partial charge on any atom is -0.0622 e. The maximum absolute atomic E-state index is 5.10. The monoisotopic (exact) mass is 804 g/mol. The number of anilines is 1. The second-order valence-corrected chi connectivity index (χ2v) is 17.7. The van der Waals surface area contributed by atoms with Crippen LogP contribution in [0.4, 0.5) is 5.69 Å². The van der Waals surface area contributed by atoms with Gasteiger partial charge in [0.1, 0.15) is 5.69 Å². The summed E-state index contributed by atoms with van der Waals surface area (Å²) in [5.74, 6) is 0.932. The molecule has 3 heterocycles. The van der Waals surface area contributed by atoms with Gasteiger partial charge in [0, 0.05) is 18.4 Å². The van der Waals surface area contributed by atoms with Crippen LogP contribution >= 0.6 is 27.3 Å². The zero-order valence-corrected chi connectivity index (χ0v) is 32.8. The zero-order chi connectivity index (χ0) is 35.3. The normalized spacial score (nSPS) is 13.9. The molecule has 1 atom stereocenters. The van der Waals surface area contributed by atoms with Gasteiger partial charge < -0.3 is 4.90 Å². The average Bonchev–Trinajstić information content (AvgIpc) is 3.61. The molecule has 0 bridgehead atoms. The molecule has 0 aliphatic carbocycles. The Hall–Kier alpha value is -3.72. The molecule has 50 heavy (non-hydrogen) atoms. The third kappa shape index (κ3) is 10.2. The van der Waals surface area contributed by atoms with Crippen LogP contribution in [0, 0.1) is 12.3 Å². The number of pyridine rings is 2. The summed E-state index contributed by atoms with van der Waals surface area (Å²) in [7, 11) is 9.26. The number of aryl methyl sites for hydroxylation is 1. The Labute approximate surface area is 314 Å². The molecule has 0 saturated heterocycles. The summed E-state index contributed by atoms with van der Waals surface area (Å²) >= 11 is -0.346. The molecular weight excluding hydrogens is 763 g/mol. The van der Waals surface area contributed by atoms with E-state index in [1.165, 1.54) is 21.5 Å². The van der Waals surface area contributed by atoms with Crippen molar-refractivity contribution in [3.05, 3.63) is 169 Å². The van der Waals surface area contributed by atoms with Crippen molar-refractivity contribution in [3.8, 4) is 11.4 Å². The van der Waals surface area contributed by atoms with E-state index in [0.717, 1.165) is 35.1 Å². The molecule has 0 spiro atoms. The first-order valence-corrected chi connectivity index (χ1v) is 22.2. The SMILES string of the molecule is Cc1ccc(N2C[C@H](C(C)(C)C)N=C2c2cccc(-c3ccccn3)n2)cc1.[Cl][Ru][Cl].c1ccc(P(c2ccccc2)c2ccccc2)cc1. The summed E-state index contributed by atoms with van der Waals surface area (Å²) in [6.07, 6.45) is 1.80. The first kappa shape index (κ1) is 37.5. The van der Waals surface area contributed by atoms with E-state index in [0.29, 0.717) is 0 Å². The number of aromatic nitrogens is 2.